The summed E-state index contributed by atoms with van der Waals surface area (Å²) in [5.74, 6) is -0.903. The van der Waals surface area contributed by atoms with Gasteiger partial charge in [0.25, 0.3) is 5.95 Å². The molecule has 0 radical (unpaired) electrons. The summed E-state index contributed by atoms with van der Waals surface area (Å²) >= 11 is 0. The molecule has 0 bridgehead atoms. The van der Waals surface area contributed by atoms with E-state index in [9.17, 15) is 9.59 Å². The van der Waals surface area contributed by atoms with Crippen LogP contribution in [0.2, 0.25) is 0 Å². The minimum Gasteiger partial charge on any atom is -0.497 e. The van der Waals surface area contributed by atoms with E-state index in [1.807, 2.05) is 54.4 Å². The number of hydrazine groups is 1. The third kappa shape index (κ3) is 3.01. The van der Waals surface area contributed by atoms with Crippen LogP contribution in [0.4, 0.5) is 11.6 Å². The summed E-state index contributed by atoms with van der Waals surface area (Å²) in [5.41, 5.74) is 3.48. The monoisotopic (exact) mass is 449 g/mol. The molecule has 2 aromatic carbocycles. The van der Waals surface area contributed by atoms with Gasteiger partial charge in [-0.15, -0.1) is 10.2 Å². The number of aromatic nitrogens is 3. The zero-order chi connectivity index (χ0) is 23.3. The predicted molar refractivity (Wildman–Crippen MR) is 118 cm³/mol. The Labute approximate surface area is 190 Å². The van der Waals surface area contributed by atoms with Crippen LogP contribution in [0.25, 0.3) is 5.69 Å². The number of rotatable bonds is 4. The lowest BCUT2D eigenvalue weighted by Crippen LogP contribution is -2.50. The van der Waals surface area contributed by atoms with Crippen molar-refractivity contribution in [1.82, 2.24) is 14.8 Å². The Kier molecular flexibility index (Phi) is 4.92. The fourth-order valence-corrected chi connectivity index (χ4v) is 4.72. The highest BCUT2D eigenvalue weighted by molar-refractivity contribution is 5.93. The van der Waals surface area contributed by atoms with Gasteiger partial charge in [-0.05, 0) is 42.3 Å². The van der Waals surface area contributed by atoms with Crippen molar-refractivity contribution in [2.45, 2.75) is 19.0 Å². The van der Waals surface area contributed by atoms with E-state index in [4.69, 9.17) is 14.2 Å². The van der Waals surface area contributed by atoms with E-state index in [1.165, 1.54) is 14.2 Å². The van der Waals surface area contributed by atoms with E-state index >= 15 is 0 Å². The summed E-state index contributed by atoms with van der Waals surface area (Å²) in [6, 6.07) is 11.8. The molecular weight excluding hydrogens is 426 g/mol. The first-order valence-corrected chi connectivity index (χ1v) is 10.4. The van der Waals surface area contributed by atoms with Crippen molar-refractivity contribution in [3.8, 4) is 11.4 Å². The Hall–Kier alpha value is -4.08. The number of carbonyl (C=O) groups excluding carboxylic acids is 2. The largest absolute Gasteiger partial charge is 0.497 e. The van der Waals surface area contributed by atoms with Crippen LogP contribution in [0.1, 0.15) is 17.2 Å². The van der Waals surface area contributed by atoms with Crippen LogP contribution in [-0.2, 0) is 19.1 Å². The molecule has 10 nitrogen and oxygen atoms in total. The van der Waals surface area contributed by atoms with Crippen LogP contribution in [0.5, 0.6) is 5.75 Å². The molecule has 5 rings (SSSR count). The first-order valence-electron chi connectivity index (χ1n) is 10.4. The summed E-state index contributed by atoms with van der Waals surface area (Å²) in [6.07, 6.45) is 1.59. The number of aryl methyl sites for hydroxylation is 1. The summed E-state index contributed by atoms with van der Waals surface area (Å²) in [7, 11) is 4.21. The molecule has 2 aliphatic rings. The minimum absolute atomic E-state index is 0.409. The molecule has 0 N–H and O–H groups in total. The van der Waals surface area contributed by atoms with Gasteiger partial charge in [-0.3, -0.25) is 14.4 Å². The number of anilines is 2. The SMILES string of the molecule is COC(=O)[C@@H]1[C@@H](c2ccc(OC)cc2)N2c3cc(C)ccc3-n3cnnc3N2[C@H]1C(=O)OC. The molecule has 0 saturated carbocycles. The second-order valence-electron chi connectivity index (χ2n) is 7.92. The zero-order valence-corrected chi connectivity index (χ0v) is 18.6. The topological polar surface area (TPSA) is 99.0 Å². The maximum atomic E-state index is 13.2. The van der Waals surface area contributed by atoms with Gasteiger partial charge in [0.2, 0.25) is 0 Å². The van der Waals surface area contributed by atoms with E-state index in [0.29, 0.717) is 11.7 Å². The van der Waals surface area contributed by atoms with Crippen LogP contribution < -0.4 is 14.8 Å². The number of methoxy groups -OCH3 is 3. The standard InChI is InChI=1S/C23H23N5O5/c1-13-5-10-16-17(11-13)27-19(14-6-8-15(31-2)9-7-14)18(21(29)32-3)20(22(30)33-4)28(27)23-25-24-12-26(16)23/h5-12,18-20H,1-4H3/t18-,19-,20-/m1/s1. The summed E-state index contributed by atoms with van der Waals surface area (Å²) in [5, 5.41) is 12.0. The number of fused-ring (bicyclic) bond motifs is 6. The van der Waals surface area contributed by atoms with Crippen molar-refractivity contribution < 1.29 is 23.8 Å². The summed E-state index contributed by atoms with van der Waals surface area (Å²) in [4.78, 5) is 26.3. The van der Waals surface area contributed by atoms with Crippen molar-refractivity contribution in [3.05, 3.63) is 59.9 Å². The van der Waals surface area contributed by atoms with Gasteiger partial charge in [0.1, 0.15) is 18.0 Å². The average Bonchev–Trinajstić information content (AvgIpc) is 3.46. The molecule has 170 valence electrons. The minimum atomic E-state index is -1.01. The Morgan fingerprint density at radius 3 is 2.30 bits per heavy atom. The average molecular weight is 449 g/mol. The third-order valence-corrected chi connectivity index (χ3v) is 6.18. The fourth-order valence-electron chi connectivity index (χ4n) is 4.72. The highest BCUT2D eigenvalue weighted by Gasteiger charge is 2.59. The van der Waals surface area contributed by atoms with Crippen LogP contribution in [0.3, 0.4) is 0 Å². The fraction of sp³-hybridized carbons (Fsp3) is 0.304. The Balaban J connectivity index is 1.79. The number of esters is 2. The molecule has 1 aromatic heterocycles. The van der Waals surface area contributed by atoms with Gasteiger partial charge in [-0.25, -0.2) is 9.80 Å². The molecule has 3 heterocycles. The van der Waals surface area contributed by atoms with Gasteiger partial charge in [-0.1, -0.05) is 18.2 Å². The van der Waals surface area contributed by atoms with Crippen molar-refractivity contribution in [3.63, 3.8) is 0 Å². The number of benzene rings is 2. The van der Waals surface area contributed by atoms with Gasteiger partial charge >= 0.3 is 11.9 Å². The molecule has 33 heavy (non-hydrogen) atoms. The first-order chi connectivity index (χ1) is 16.0. The van der Waals surface area contributed by atoms with Crippen LogP contribution >= 0.6 is 0 Å². The first kappa shape index (κ1) is 20.8. The van der Waals surface area contributed by atoms with E-state index in [0.717, 1.165) is 22.5 Å². The summed E-state index contributed by atoms with van der Waals surface area (Å²) in [6.45, 7) is 1.99. The van der Waals surface area contributed by atoms with E-state index in [-0.39, 0.29) is 0 Å². The number of hydrogen-bond acceptors (Lipinski definition) is 9. The highest BCUT2D eigenvalue weighted by atomic mass is 16.5. The normalized spacial score (nSPS) is 20.5. The lowest BCUT2D eigenvalue weighted by atomic mass is 9.88. The maximum Gasteiger partial charge on any atom is 0.331 e. The van der Waals surface area contributed by atoms with Crippen molar-refractivity contribution in [1.29, 1.82) is 0 Å². The smallest absolute Gasteiger partial charge is 0.331 e. The lowest BCUT2D eigenvalue weighted by Gasteiger charge is -2.40. The van der Waals surface area contributed by atoms with Gasteiger partial charge in [0.15, 0.2) is 6.04 Å². The van der Waals surface area contributed by atoms with Gasteiger partial charge < -0.3 is 14.2 Å². The molecule has 0 amide bonds. The van der Waals surface area contributed by atoms with Gasteiger partial charge in [0.05, 0.1) is 38.7 Å². The quantitative estimate of drug-likeness (QED) is 0.555. The van der Waals surface area contributed by atoms with Crippen LogP contribution in [0.15, 0.2) is 48.8 Å². The molecular formula is C23H23N5O5. The number of nitrogens with zero attached hydrogens (tertiary/aromatic N) is 5. The van der Waals surface area contributed by atoms with Crippen molar-refractivity contribution in [2.75, 3.05) is 31.3 Å². The predicted octanol–water partition coefficient (Wildman–Crippen LogP) is 2.21. The van der Waals surface area contributed by atoms with Crippen molar-refractivity contribution >= 4 is 23.6 Å². The third-order valence-electron chi connectivity index (χ3n) is 6.18. The number of carbonyl (C=O) groups is 2. The molecule has 0 unspecified atom stereocenters. The molecule has 3 aromatic rings. The Morgan fingerprint density at radius 2 is 1.64 bits per heavy atom. The number of ether oxygens (including phenoxy) is 3. The van der Waals surface area contributed by atoms with E-state index < -0.39 is 29.9 Å². The van der Waals surface area contributed by atoms with Gasteiger partial charge in [-0.2, -0.15) is 0 Å². The molecule has 0 aliphatic carbocycles. The highest BCUT2D eigenvalue weighted by Crippen LogP contribution is 2.51. The second-order valence-corrected chi connectivity index (χ2v) is 7.92. The van der Waals surface area contributed by atoms with Crippen molar-refractivity contribution in [2.24, 2.45) is 5.92 Å². The summed E-state index contributed by atoms with van der Waals surface area (Å²) < 4.78 is 17.4. The molecule has 0 spiro atoms. The van der Waals surface area contributed by atoms with Gasteiger partial charge in [0, 0.05) is 0 Å². The van der Waals surface area contributed by atoms with E-state index in [1.54, 1.807) is 23.0 Å². The second kappa shape index (κ2) is 7.80. The van der Waals surface area contributed by atoms with Crippen LogP contribution in [-0.4, -0.2) is 54.1 Å². The molecule has 2 aliphatic heterocycles. The van der Waals surface area contributed by atoms with E-state index in [2.05, 4.69) is 10.2 Å². The van der Waals surface area contributed by atoms with Crippen LogP contribution in [0, 0.1) is 12.8 Å². The molecule has 10 heteroatoms. The molecule has 1 fully saturated rings. The lowest BCUT2D eigenvalue weighted by molar-refractivity contribution is -0.153. The zero-order valence-electron chi connectivity index (χ0n) is 18.6. The number of hydrogen-bond donors (Lipinski definition) is 0. The Bertz CT molecular complexity index is 1220. The maximum absolute atomic E-state index is 13.2. The Morgan fingerprint density at radius 1 is 0.909 bits per heavy atom. The molecule has 1 saturated heterocycles. The molecule has 3 atom stereocenters.